The monoisotopic (exact) mass is 392 g/mol. The first-order valence-electron chi connectivity index (χ1n) is 8.63. The average molecular weight is 392 g/mol. The summed E-state index contributed by atoms with van der Waals surface area (Å²) in [5.41, 5.74) is 1.54. The van der Waals surface area contributed by atoms with Crippen molar-refractivity contribution in [3.63, 3.8) is 0 Å². The van der Waals surface area contributed by atoms with Crippen molar-refractivity contribution < 1.29 is 18.0 Å². The second-order valence-corrected chi connectivity index (χ2v) is 6.23. The SMILES string of the molecule is CN=C(NCc1cccc(C(=O)NC)c1)N(C)Cc1ccc(C(F)(F)F)cc1. The number of guanidine groups is 1. The number of alkyl halides is 3. The first kappa shape index (κ1) is 21.3. The molecule has 0 aliphatic rings. The molecule has 28 heavy (non-hydrogen) atoms. The number of halogens is 3. The maximum Gasteiger partial charge on any atom is 0.416 e. The molecule has 0 aliphatic heterocycles. The van der Waals surface area contributed by atoms with Crippen LogP contribution in [0.1, 0.15) is 27.0 Å². The number of hydrogen-bond donors (Lipinski definition) is 2. The molecule has 0 aromatic heterocycles. The van der Waals surface area contributed by atoms with E-state index in [9.17, 15) is 18.0 Å². The highest BCUT2D eigenvalue weighted by molar-refractivity contribution is 5.94. The topological polar surface area (TPSA) is 56.7 Å². The molecule has 0 unspecified atom stereocenters. The Kier molecular flexibility index (Phi) is 7.03. The van der Waals surface area contributed by atoms with E-state index in [4.69, 9.17) is 0 Å². The number of nitrogens with one attached hydrogen (secondary N) is 2. The van der Waals surface area contributed by atoms with Crippen LogP contribution >= 0.6 is 0 Å². The lowest BCUT2D eigenvalue weighted by Gasteiger charge is -2.22. The van der Waals surface area contributed by atoms with Crippen molar-refractivity contribution in [2.45, 2.75) is 19.3 Å². The first-order valence-corrected chi connectivity index (χ1v) is 8.63. The highest BCUT2D eigenvalue weighted by atomic mass is 19.4. The molecule has 0 saturated carbocycles. The Morgan fingerprint density at radius 3 is 2.36 bits per heavy atom. The quantitative estimate of drug-likeness (QED) is 0.607. The van der Waals surface area contributed by atoms with Gasteiger partial charge in [-0.3, -0.25) is 9.79 Å². The summed E-state index contributed by atoms with van der Waals surface area (Å²) in [5.74, 6) is 0.427. The zero-order valence-electron chi connectivity index (χ0n) is 16.0. The van der Waals surface area contributed by atoms with Gasteiger partial charge in [-0.05, 0) is 35.4 Å². The van der Waals surface area contributed by atoms with E-state index < -0.39 is 11.7 Å². The van der Waals surface area contributed by atoms with E-state index in [1.165, 1.54) is 12.1 Å². The van der Waals surface area contributed by atoms with Crippen LogP contribution < -0.4 is 10.6 Å². The van der Waals surface area contributed by atoms with Crippen molar-refractivity contribution in [3.8, 4) is 0 Å². The van der Waals surface area contributed by atoms with Crippen LogP contribution in [-0.4, -0.2) is 37.9 Å². The Balaban J connectivity index is 1.99. The van der Waals surface area contributed by atoms with Crippen LogP contribution in [0.5, 0.6) is 0 Å². The largest absolute Gasteiger partial charge is 0.416 e. The number of amides is 1. The minimum atomic E-state index is -4.34. The van der Waals surface area contributed by atoms with E-state index in [1.54, 1.807) is 39.3 Å². The fraction of sp³-hybridized carbons (Fsp3) is 0.300. The van der Waals surface area contributed by atoms with Crippen molar-refractivity contribution in [2.24, 2.45) is 4.99 Å². The number of carbonyl (C=O) groups excluding carboxylic acids is 1. The normalized spacial score (nSPS) is 11.9. The number of nitrogens with zero attached hydrogens (tertiary/aromatic N) is 2. The molecule has 0 fully saturated rings. The summed E-state index contributed by atoms with van der Waals surface area (Å²) in [7, 11) is 5.01. The van der Waals surface area contributed by atoms with Crippen molar-refractivity contribution in [1.29, 1.82) is 0 Å². The zero-order chi connectivity index (χ0) is 20.7. The van der Waals surface area contributed by atoms with Crippen LogP contribution in [0.2, 0.25) is 0 Å². The fourth-order valence-electron chi connectivity index (χ4n) is 2.68. The Labute approximate surface area is 162 Å². The van der Waals surface area contributed by atoms with Gasteiger partial charge in [0.25, 0.3) is 5.91 Å². The first-order chi connectivity index (χ1) is 13.2. The van der Waals surface area contributed by atoms with Crippen molar-refractivity contribution in [3.05, 3.63) is 70.8 Å². The summed E-state index contributed by atoms with van der Waals surface area (Å²) in [4.78, 5) is 17.7. The minimum absolute atomic E-state index is 0.161. The number of rotatable bonds is 5. The molecule has 0 radical (unpaired) electrons. The summed E-state index contributed by atoms with van der Waals surface area (Å²) >= 11 is 0. The van der Waals surface area contributed by atoms with Gasteiger partial charge in [0.2, 0.25) is 0 Å². The smallest absolute Gasteiger partial charge is 0.355 e. The van der Waals surface area contributed by atoms with Gasteiger partial charge in [-0.15, -0.1) is 0 Å². The maximum atomic E-state index is 12.7. The van der Waals surface area contributed by atoms with Gasteiger partial charge in [0.1, 0.15) is 0 Å². The van der Waals surface area contributed by atoms with Crippen LogP contribution in [0, 0.1) is 0 Å². The molecule has 0 atom stereocenters. The van der Waals surface area contributed by atoms with Gasteiger partial charge in [-0.2, -0.15) is 13.2 Å². The van der Waals surface area contributed by atoms with Crippen molar-refractivity contribution in [1.82, 2.24) is 15.5 Å². The van der Waals surface area contributed by atoms with Crippen LogP contribution in [0.15, 0.2) is 53.5 Å². The van der Waals surface area contributed by atoms with E-state index in [-0.39, 0.29) is 5.91 Å². The Morgan fingerprint density at radius 1 is 1.11 bits per heavy atom. The summed E-state index contributed by atoms with van der Waals surface area (Å²) in [6.45, 7) is 0.852. The molecule has 0 bridgehead atoms. The van der Waals surface area contributed by atoms with E-state index in [1.807, 2.05) is 11.0 Å². The summed E-state index contributed by atoms with van der Waals surface area (Å²) in [6, 6.07) is 12.3. The summed E-state index contributed by atoms with van der Waals surface area (Å²) in [6.07, 6.45) is -4.34. The Hall–Kier alpha value is -3.03. The van der Waals surface area contributed by atoms with Gasteiger partial charge in [-0.1, -0.05) is 24.3 Å². The van der Waals surface area contributed by atoms with Crippen LogP contribution in [0.4, 0.5) is 13.2 Å². The van der Waals surface area contributed by atoms with Gasteiger partial charge < -0.3 is 15.5 Å². The Morgan fingerprint density at radius 2 is 1.79 bits per heavy atom. The van der Waals surface area contributed by atoms with Gasteiger partial charge in [0, 0.05) is 39.8 Å². The number of aliphatic imine (C=N–C) groups is 1. The fourth-order valence-corrected chi connectivity index (χ4v) is 2.68. The van der Waals surface area contributed by atoms with Crippen LogP contribution in [-0.2, 0) is 19.3 Å². The number of carbonyl (C=O) groups is 1. The molecule has 0 heterocycles. The number of benzene rings is 2. The molecule has 150 valence electrons. The lowest BCUT2D eigenvalue weighted by molar-refractivity contribution is -0.137. The van der Waals surface area contributed by atoms with Gasteiger partial charge in [0.15, 0.2) is 5.96 Å². The van der Waals surface area contributed by atoms with E-state index in [0.717, 1.165) is 23.3 Å². The van der Waals surface area contributed by atoms with Gasteiger partial charge >= 0.3 is 6.18 Å². The van der Waals surface area contributed by atoms with Gasteiger partial charge in [-0.25, -0.2) is 0 Å². The molecule has 2 N–H and O–H groups in total. The minimum Gasteiger partial charge on any atom is -0.355 e. The second kappa shape index (κ2) is 9.25. The Bertz CT molecular complexity index is 832. The van der Waals surface area contributed by atoms with Gasteiger partial charge in [0.05, 0.1) is 5.56 Å². The molecule has 2 aromatic carbocycles. The molecule has 0 aliphatic carbocycles. The highest BCUT2D eigenvalue weighted by Crippen LogP contribution is 2.29. The second-order valence-electron chi connectivity index (χ2n) is 6.23. The van der Waals surface area contributed by atoms with Crippen molar-refractivity contribution in [2.75, 3.05) is 21.1 Å². The highest BCUT2D eigenvalue weighted by Gasteiger charge is 2.29. The molecule has 8 heteroatoms. The lowest BCUT2D eigenvalue weighted by atomic mass is 10.1. The molecular formula is C20H23F3N4O. The number of hydrogen-bond acceptors (Lipinski definition) is 2. The third-order valence-corrected chi connectivity index (χ3v) is 4.14. The van der Waals surface area contributed by atoms with E-state index >= 15 is 0 Å². The summed E-state index contributed by atoms with van der Waals surface area (Å²) < 4.78 is 38.0. The predicted octanol–water partition coefficient (Wildman–Crippen LogP) is 3.27. The standard InChI is InChI=1S/C20H23F3N4O/c1-24-18(28)16-6-4-5-15(11-16)12-26-19(25-2)27(3)13-14-7-9-17(10-8-14)20(21,22)23/h4-11H,12-13H2,1-3H3,(H,24,28)(H,25,26). The van der Waals surface area contributed by atoms with Crippen molar-refractivity contribution >= 4 is 11.9 Å². The van der Waals surface area contributed by atoms with E-state index in [2.05, 4.69) is 15.6 Å². The molecule has 0 spiro atoms. The molecule has 0 saturated heterocycles. The maximum absolute atomic E-state index is 12.7. The molecule has 1 amide bonds. The predicted molar refractivity (Wildman–Crippen MR) is 103 cm³/mol. The third kappa shape index (κ3) is 5.73. The van der Waals surface area contributed by atoms with E-state index in [0.29, 0.717) is 24.6 Å². The molecule has 2 rings (SSSR count). The van der Waals surface area contributed by atoms with Crippen LogP contribution in [0.3, 0.4) is 0 Å². The zero-order valence-corrected chi connectivity index (χ0v) is 16.0. The molecule has 5 nitrogen and oxygen atoms in total. The van der Waals surface area contributed by atoms with Crippen LogP contribution in [0.25, 0.3) is 0 Å². The molecule has 2 aromatic rings. The third-order valence-electron chi connectivity index (χ3n) is 4.14. The average Bonchev–Trinajstić information content (AvgIpc) is 2.67. The summed E-state index contributed by atoms with van der Waals surface area (Å²) in [5, 5.41) is 5.77. The molecular weight excluding hydrogens is 369 g/mol. The lowest BCUT2D eigenvalue weighted by Crippen LogP contribution is -2.38.